The minimum Gasteiger partial charge on any atom is -0.394 e. The number of benzene rings is 2. The monoisotopic (exact) mass is 482 g/mol. The van der Waals surface area contributed by atoms with E-state index in [1.807, 2.05) is 0 Å². The zero-order valence-electron chi connectivity index (χ0n) is 16.6. The Bertz CT molecular complexity index is 1090. The first-order valence-electron chi connectivity index (χ1n) is 9.17. The number of carbonyl (C=O) groups is 1. The molecule has 2 N–H and O–H groups in total. The van der Waals surface area contributed by atoms with E-state index in [4.69, 9.17) is 9.94 Å². The molecule has 1 amide bonds. The summed E-state index contributed by atoms with van der Waals surface area (Å²) in [7, 11) is 1.67. The molecule has 0 unspecified atom stereocenters. The third-order valence-corrected chi connectivity index (χ3v) is 4.87. The number of anilines is 2. The second-order valence-electron chi connectivity index (χ2n) is 6.87. The quantitative estimate of drug-likeness (QED) is 0.495. The third kappa shape index (κ3) is 4.30. The summed E-state index contributed by atoms with van der Waals surface area (Å²) in [5.74, 6) is -2.05. The normalized spacial score (nSPS) is 11.3. The second-order valence-corrected chi connectivity index (χ2v) is 7.78. The van der Waals surface area contributed by atoms with Crippen LogP contribution in [0, 0.1) is 11.6 Å². The van der Waals surface area contributed by atoms with Crippen LogP contribution >= 0.6 is 15.9 Å². The highest BCUT2D eigenvalue weighted by Crippen LogP contribution is 2.33. The molecule has 0 aliphatic carbocycles. The molecule has 30 heavy (non-hydrogen) atoms. The SMILES string of the molecule is CC(C)N(OCCO)C(=O)c1cc2c(ncn2C)c(F)c1Nc1ccc(Br)cc1F. The lowest BCUT2D eigenvalue weighted by atomic mass is 10.1. The molecule has 10 heteroatoms. The molecular formula is C20H21BrF2N4O3. The van der Waals surface area contributed by atoms with Gasteiger partial charge in [-0.05, 0) is 38.1 Å². The molecule has 1 aromatic heterocycles. The molecule has 0 aliphatic rings. The first kappa shape index (κ1) is 22.1. The van der Waals surface area contributed by atoms with Gasteiger partial charge in [-0.25, -0.2) is 18.8 Å². The molecule has 2 aromatic carbocycles. The average molecular weight is 483 g/mol. The first-order valence-corrected chi connectivity index (χ1v) is 9.96. The Morgan fingerprint density at radius 1 is 1.37 bits per heavy atom. The van der Waals surface area contributed by atoms with Gasteiger partial charge < -0.3 is 15.0 Å². The maximum absolute atomic E-state index is 15.4. The van der Waals surface area contributed by atoms with E-state index in [9.17, 15) is 9.18 Å². The smallest absolute Gasteiger partial charge is 0.279 e. The van der Waals surface area contributed by atoms with Crippen molar-refractivity contribution in [2.45, 2.75) is 19.9 Å². The Labute approximate surface area is 180 Å². The van der Waals surface area contributed by atoms with Crippen LogP contribution in [0.5, 0.6) is 0 Å². The fourth-order valence-electron chi connectivity index (χ4n) is 2.94. The summed E-state index contributed by atoms with van der Waals surface area (Å²) in [5, 5.41) is 12.8. The zero-order chi connectivity index (χ0) is 22.0. The summed E-state index contributed by atoms with van der Waals surface area (Å²) in [4.78, 5) is 22.7. The van der Waals surface area contributed by atoms with E-state index in [1.54, 1.807) is 31.5 Å². The Morgan fingerprint density at radius 3 is 2.73 bits per heavy atom. The van der Waals surface area contributed by atoms with Crippen molar-refractivity contribution >= 4 is 44.2 Å². The number of imidazole rings is 1. The average Bonchev–Trinajstić information content (AvgIpc) is 3.06. The molecular weight excluding hydrogens is 462 g/mol. The zero-order valence-corrected chi connectivity index (χ0v) is 18.2. The van der Waals surface area contributed by atoms with Crippen molar-refractivity contribution in [2.24, 2.45) is 7.05 Å². The van der Waals surface area contributed by atoms with Crippen LogP contribution in [0.15, 0.2) is 35.1 Å². The van der Waals surface area contributed by atoms with Gasteiger partial charge in [-0.2, -0.15) is 0 Å². The van der Waals surface area contributed by atoms with Crippen molar-refractivity contribution < 1.29 is 23.5 Å². The minimum absolute atomic E-state index is 0.00574. The van der Waals surface area contributed by atoms with Crippen molar-refractivity contribution in [1.29, 1.82) is 0 Å². The van der Waals surface area contributed by atoms with Gasteiger partial charge in [0.1, 0.15) is 11.3 Å². The van der Waals surface area contributed by atoms with E-state index in [0.29, 0.717) is 9.99 Å². The van der Waals surface area contributed by atoms with Gasteiger partial charge in [-0.3, -0.25) is 9.63 Å². The standard InChI is InChI=1S/C20H21BrF2N4O3/c1-11(2)27(30-7-6-28)20(29)13-9-16-19(24-10-26(16)3)17(23)18(13)25-15-5-4-12(21)8-14(15)22/h4-5,8-11,25,28H,6-7H2,1-3H3. The lowest BCUT2D eigenvalue weighted by Crippen LogP contribution is -2.38. The van der Waals surface area contributed by atoms with Crippen LogP contribution in [0.2, 0.25) is 0 Å². The van der Waals surface area contributed by atoms with Gasteiger partial charge in [0.2, 0.25) is 0 Å². The van der Waals surface area contributed by atoms with Crippen LogP contribution in [0.1, 0.15) is 24.2 Å². The number of hydrogen-bond donors (Lipinski definition) is 2. The summed E-state index contributed by atoms with van der Waals surface area (Å²) in [6.45, 7) is 3.04. The van der Waals surface area contributed by atoms with Gasteiger partial charge in [-0.1, -0.05) is 15.9 Å². The first-order chi connectivity index (χ1) is 14.2. The van der Waals surface area contributed by atoms with E-state index in [2.05, 4.69) is 26.2 Å². The molecule has 0 fully saturated rings. The summed E-state index contributed by atoms with van der Waals surface area (Å²) < 4.78 is 31.9. The number of aliphatic hydroxyl groups is 1. The Morgan fingerprint density at radius 2 is 2.10 bits per heavy atom. The van der Waals surface area contributed by atoms with Crippen LogP contribution in [-0.2, 0) is 11.9 Å². The highest BCUT2D eigenvalue weighted by atomic mass is 79.9. The van der Waals surface area contributed by atoms with Crippen molar-refractivity contribution in [2.75, 3.05) is 18.5 Å². The van der Waals surface area contributed by atoms with Crippen molar-refractivity contribution in [1.82, 2.24) is 14.6 Å². The predicted molar refractivity (Wildman–Crippen MR) is 112 cm³/mol. The van der Waals surface area contributed by atoms with Crippen LogP contribution < -0.4 is 5.32 Å². The maximum atomic E-state index is 15.4. The second kappa shape index (κ2) is 9.07. The van der Waals surface area contributed by atoms with Crippen LogP contribution in [-0.4, -0.2) is 44.9 Å². The fraction of sp³-hybridized carbons (Fsp3) is 0.300. The number of aliphatic hydroxyl groups excluding tert-OH is 1. The van der Waals surface area contributed by atoms with Gasteiger partial charge in [0, 0.05) is 11.5 Å². The molecule has 3 aromatic rings. The van der Waals surface area contributed by atoms with Crippen LogP contribution in [0.4, 0.5) is 20.2 Å². The molecule has 0 saturated carbocycles. The Hall–Kier alpha value is -2.56. The molecule has 0 radical (unpaired) electrons. The van der Waals surface area contributed by atoms with E-state index >= 15 is 4.39 Å². The third-order valence-electron chi connectivity index (χ3n) is 4.37. The fourth-order valence-corrected chi connectivity index (χ4v) is 3.27. The van der Waals surface area contributed by atoms with E-state index in [1.165, 1.54) is 24.5 Å². The Kier molecular flexibility index (Phi) is 6.69. The number of nitrogens with zero attached hydrogens (tertiary/aromatic N) is 3. The number of hydrogen-bond acceptors (Lipinski definition) is 5. The van der Waals surface area contributed by atoms with E-state index < -0.39 is 23.6 Å². The largest absolute Gasteiger partial charge is 0.394 e. The predicted octanol–water partition coefficient (Wildman–Crippen LogP) is 4.13. The van der Waals surface area contributed by atoms with Crippen LogP contribution in [0.3, 0.4) is 0 Å². The minimum atomic E-state index is -0.787. The molecule has 0 spiro atoms. The number of amides is 1. The van der Waals surface area contributed by atoms with Gasteiger partial charge in [0.05, 0.1) is 48.0 Å². The molecule has 3 rings (SSSR count). The molecule has 0 bridgehead atoms. The number of halogens is 3. The molecule has 0 aliphatic heterocycles. The van der Waals surface area contributed by atoms with E-state index in [0.717, 1.165) is 5.06 Å². The lowest BCUT2D eigenvalue weighted by Gasteiger charge is -2.26. The van der Waals surface area contributed by atoms with Gasteiger partial charge >= 0.3 is 0 Å². The van der Waals surface area contributed by atoms with Gasteiger partial charge in [0.15, 0.2) is 5.82 Å². The number of rotatable bonds is 7. The number of aryl methyl sites for hydroxylation is 1. The van der Waals surface area contributed by atoms with Crippen molar-refractivity contribution in [3.63, 3.8) is 0 Å². The highest BCUT2D eigenvalue weighted by molar-refractivity contribution is 9.10. The molecule has 1 heterocycles. The molecule has 0 saturated heterocycles. The number of hydroxylamine groups is 2. The van der Waals surface area contributed by atoms with Crippen molar-refractivity contribution in [3.05, 3.63) is 52.3 Å². The summed E-state index contributed by atoms with van der Waals surface area (Å²) in [6, 6.07) is 5.33. The van der Waals surface area contributed by atoms with Gasteiger partial charge in [0.25, 0.3) is 5.91 Å². The molecule has 0 atom stereocenters. The topological polar surface area (TPSA) is 79.6 Å². The number of fused-ring (bicyclic) bond motifs is 1. The maximum Gasteiger partial charge on any atom is 0.279 e. The lowest BCUT2D eigenvalue weighted by molar-refractivity contribution is -0.148. The van der Waals surface area contributed by atoms with Crippen LogP contribution in [0.25, 0.3) is 11.0 Å². The van der Waals surface area contributed by atoms with Gasteiger partial charge in [-0.15, -0.1) is 0 Å². The molecule has 7 nitrogen and oxygen atoms in total. The number of carbonyl (C=O) groups excluding carboxylic acids is 1. The summed E-state index contributed by atoms with van der Waals surface area (Å²) in [5.41, 5.74) is 0.155. The Balaban J connectivity index is 2.16. The number of aromatic nitrogens is 2. The molecule has 160 valence electrons. The highest BCUT2D eigenvalue weighted by Gasteiger charge is 2.27. The summed E-state index contributed by atoms with van der Waals surface area (Å²) >= 11 is 3.18. The summed E-state index contributed by atoms with van der Waals surface area (Å²) in [6.07, 6.45) is 1.43. The number of nitrogens with one attached hydrogen (secondary N) is 1. The van der Waals surface area contributed by atoms with E-state index in [-0.39, 0.29) is 35.7 Å². The van der Waals surface area contributed by atoms with Crippen molar-refractivity contribution in [3.8, 4) is 0 Å².